The van der Waals surface area contributed by atoms with Crippen LogP contribution in [0.1, 0.15) is 63.3 Å². The van der Waals surface area contributed by atoms with Crippen molar-refractivity contribution in [3.05, 3.63) is 210 Å². The maximum Gasteiger partial charge on any atom is 0.0560 e. The Labute approximate surface area is 338 Å². The van der Waals surface area contributed by atoms with E-state index in [0.29, 0.717) is 0 Å². The fourth-order valence-corrected chi connectivity index (χ4v) is 8.87. The van der Waals surface area contributed by atoms with Crippen molar-refractivity contribution in [2.45, 2.75) is 57.9 Å². The zero-order chi connectivity index (χ0) is 39.1. The zero-order valence-corrected chi connectivity index (χ0v) is 33.6. The van der Waals surface area contributed by atoms with Crippen LogP contribution in [-0.4, -0.2) is 6.04 Å². The third kappa shape index (κ3) is 6.80. The number of nitrogens with zero attached hydrogens (tertiary/aromatic N) is 1. The second-order valence-electron chi connectivity index (χ2n) is 17.0. The Morgan fingerprint density at radius 2 is 1.23 bits per heavy atom. The molecule has 2 aliphatic carbocycles. The summed E-state index contributed by atoms with van der Waals surface area (Å²) in [5.74, 6) is 0. The fraction of sp³-hybridized carbons (Fsp3) is 0.164. The highest BCUT2D eigenvalue weighted by Gasteiger charge is 2.38. The lowest BCUT2D eigenvalue weighted by Crippen LogP contribution is -2.30. The molecule has 1 N–H and O–H groups in total. The molecule has 0 aromatic heterocycles. The molecule has 57 heavy (non-hydrogen) atoms. The molecule has 0 radical (unpaired) electrons. The minimum Gasteiger partial charge on any atom is -0.355 e. The molecule has 2 heteroatoms. The van der Waals surface area contributed by atoms with Crippen molar-refractivity contribution in [1.29, 1.82) is 0 Å². The molecule has 0 heterocycles. The van der Waals surface area contributed by atoms with E-state index in [-0.39, 0.29) is 16.9 Å². The SMILES string of the molecule is CC(C)(C)c1ccc2c(c1)C(C)(C)c1cccc(-c3ccccc3N(c3ccc(Nc4ccccc4-c4ccccc4)cc3)C3C=CC(c4ccccc4)=CC3)c1-2. The Morgan fingerprint density at radius 1 is 0.579 bits per heavy atom. The zero-order valence-electron chi connectivity index (χ0n) is 33.6. The quantitative estimate of drug-likeness (QED) is 0.167. The summed E-state index contributed by atoms with van der Waals surface area (Å²) in [7, 11) is 0. The third-order valence-corrected chi connectivity index (χ3v) is 12.0. The third-order valence-electron chi connectivity index (χ3n) is 12.0. The van der Waals surface area contributed by atoms with E-state index < -0.39 is 0 Å². The number of allylic oxidation sites excluding steroid dienone is 2. The number of hydrogen-bond donors (Lipinski definition) is 1. The van der Waals surface area contributed by atoms with Crippen molar-refractivity contribution in [3.63, 3.8) is 0 Å². The maximum atomic E-state index is 3.73. The molecule has 0 spiro atoms. The van der Waals surface area contributed by atoms with Crippen LogP contribution in [0.3, 0.4) is 0 Å². The number of benzene rings is 7. The van der Waals surface area contributed by atoms with Gasteiger partial charge in [-0.2, -0.15) is 0 Å². The summed E-state index contributed by atoms with van der Waals surface area (Å²) in [5.41, 5.74) is 18.8. The van der Waals surface area contributed by atoms with Gasteiger partial charge in [-0.3, -0.25) is 0 Å². The van der Waals surface area contributed by atoms with Crippen LogP contribution in [0.15, 0.2) is 188 Å². The van der Waals surface area contributed by atoms with Crippen LogP contribution in [-0.2, 0) is 10.8 Å². The minimum atomic E-state index is -0.108. The molecule has 9 rings (SSSR count). The second-order valence-corrected chi connectivity index (χ2v) is 17.0. The van der Waals surface area contributed by atoms with Crippen molar-refractivity contribution >= 4 is 28.3 Å². The highest BCUT2D eigenvalue weighted by molar-refractivity contribution is 5.97. The Balaban J connectivity index is 1.14. The molecule has 2 nitrogen and oxygen atoms in total. The lowest BCUT2D eigenvalue weighted by molar-refractivity contribution is 0.584. The lowest BCUT2D eigenvalue weighted by atomic mass is 9.79. The molecular formula is C55H50N2. The van der Waals surface area contributed by atoms with Crippen LogP contribution < -0.4 is 10.2 Å². The van der Waals surface area contributed by atoms with Crippen molar-refractivity contribution in [2.75, 3.05) is 10.2 Å². The number of nitrogens with one attached hydrogen (secondary N) is 1. The molecule has 0 saturated heterocycles. The summed E-state index contributed by atoms with van der Waals surface area (Å²) in [4.78, 5) is 2.55. The maximum absolute atomic E-state index is 3.73. The van der Waals surface area contributed by atoms with Crippen molar-refractivity contribution in [2.24, 2.45) is 0 Å². The van der Waals surface area contributed by atoms with E-state index in [4.69, 9.17) is 0 Å². The average Bonchev–Trinajstić information content (AvgIpc) is 3.48. The van der Waals surface area contributed by atoms with Crippen molar-refractivity contribution in [1.82, 2.24) is 0 Å². The molecule has 0 saturated carbocycles. The average molecular weight is 739 g/mol. The first-order valence-corrected chi connectivity index (χ1v) is 20.3. The molecule has 7 aromatic carbocycles. The number of para-hydroxylation sites is 2. The molecule has 0 amide bonds. The molecule has 280 valence electrons. The second kappa shape index (κ2) is 14.6. The lowest BCUT2D eigenvalue weighted by Gasteiger charge is -2.35. The standard InChI is InChI=1S/C55H50N2/c1-54(2,3)41-29-36-48-50(37-41)55(4,5)49-24-16-23-47(53(48)49)46-22-13-15-26-52(46)57(43-32-27-39(28-33-43)38-17-8-6-9-18-38)44-34-30-42(31-35-44)56-51-25-14-12-21-45(51)40-19-10-7-11-20-40/h6-32,34-37,43,56H,33H2,1-5H3. The fourth-order valence-electron chi connectivity index (χ4n) is 8.87. The Hall–Kier alpha value is -6.38. The van der Waals surface area contributed by atoms with E-state index in [1.54, 1.807) is 0 Å². The van der Waals surface area contributed by atoms with Crippen LogP contribution in [0.25, 0.3) is 39.0 Å². The van der Waals surface area contributed by atoms with Crippen LogP contribution >= 0.6 is 0 Å². The Kier molecular flexibility index (Phi) is 9.29. The number of hydrogen-bond acceptors (Lipinski definition) is 2. The number of anilines is 4. The summed E-state index contributed by atoms with van der Waals surface area (Å²) >= 11 is 0. The molecule has 0 bridgehead atoms. The van der Waals surface area contributed by atoms with Gasteiger partial charge in [-0.25, -0.2) is 0 Å². The van der Waals surface area contributed by atoms with E-state index >= 15 is 0 Å². The molecule has 7 aromatic rings. The monoisotopic (exact) mass is 738 g/mol. The van der Waals surface area contributed by atoms with E-state index in [9.17, 15) is 0 Å². The van der Waals surface area contributed by atoms with Gasteiger partial charge < -0.3 is 10.2 Å². The van der Waals surface area contributed by atoms with Gasteiger partial charge in [0.1, 0.15) is 0 Å². The highest BCUT2D eigenvalue weighted by Crippen LogP contribution is 2.54. The van der Waals surface area contributed by atoms with Crippen LogP contribution in [0.2, 0.25) is 0 Å². The van der Waals surface area contributed by atoms with Crippen LogP contribution in [0, 0.1) is 0 Å². The van der Waals surface area contributed by atoms with Crippen molar-refractivity contribution in [3.8, 4) is 33.4 Å². The molecular weight excluding hydrogens is 689 g/mol. The largest absolute Gasteiger partial charge is 0.355 e. The van der Waals surface area contributed by atoms with E-state index in [1.165, 1.54) is 66.9 Å². The highest BCUT2D eigenvalue weighted by atomic mass is 15.2. The number of rotatable bonds is 8. The van der Waals surface area contributed by atoms with E-state index in [1.807, 2.05) is 0 Å². The first kappa shape index (κ1) is 36.3. The summed E-state index contributed by atoms with van der Waals surface area (Å²) in [6.45, 7) is 11.7. The van der Waals surface area contributed by atoms with Crippen LogP contribution in [0.5, 0.6) is 0 Å². The topological polar surface area (TPSA) is 15.3 Å². The van der Waals surface area contributed by atoms with E-state index in [0.717, 1.165) is 23.5 Å². The van der Waals surface area contributed by atoms with E-state index in [2.05, 4.69) is 233 Å². The summed E-state index contributed by atoms with van der Waals surface area (Å²) in [6.07, 6.45) is 7.99. The Bertz CT molecular complexity index is 2620. The number of fused-ring (bicyclic) bond motifs is 3. The van der Waals surface area contributed by atoms with Gasteiger partial charge >= 0.3 is 0 Å². The first-order valence-electron chi connectivity index (χ1n) is 20.3. The van der Waals surface area contributed by atoms with Gasteiger partial charge in [-0.15, -0.1) is 0 Å². The summed E-state index contributed by atoms with van der Waals surface area (Å²) in [5, 5.41) is 3.73. The molecule has 0 aliphatic heterocycles. The smallest absolute Gasteiger partial charge is 0.0560 e. The summed E-state index contributed by atoms with van der Waals surface area (Å²) < 4.78 is 0. The molecule has 0 fully saturated rings. The van der Waals surface area contributed by atoms with Gasteiger partial charge in [0.2, 0.25) is 0 Å². The van der Waals surface area contributed by atoms with Gasteiger partial charge in [-0.1, -0.05) is 186 Å². The Morgan fingerprint density at radius 3 is 1.93 bits per heavy atom. The van der Waals surface area contributed by atoms with Gasteiger partial charge in [0, 0.05) is 39.3 Å². The van der Waals surface area contributed by atoms with Gasteiger partial charge in [0.05, 0.1) is 6.04 Å². The molecule has 2 aliphatic rings. The molecule has 1 atom stereocenters. The summed E-state index contributed by atoms with van der Waals surface area (Å²) in [6, 6.07) is 62.1. The minimum absolute atomic E-state index is 0.0779. The first-order chi connectivity index (χ1) is 27.7. The van der Waals surface area contributed by atoms with Gasteiger partial charge in [0.15, 0.2) is 0 Å². The van der Waals surface area contributed by atoms with Crippen LogP contribution in [0.4, 0.5) is 22.7 Å². The predicted octanol–water partition coefficient (Wildman–Crippen LogP) is 14.9. The normalized spacial score (nSPS) is 15.4. The van der Waals surface area contributed by atoms with Gasteiger partial charge in [0.25, 0.3) is 0 Å². The molecule has 1 unspecified atom stereocenters. The predicted molar refractivity (Wildman–Crippen MR) is 244 cm³/mol. The van der Waals surface area contributed by atoms with Crippen molar-refractivity contribution < 1.29 is 0 Å². The van der Waals surface area contributed by atoms with Gasteiger partial charge in [-0.05, 0) is 98.3 Å².